The van der Waals surface area contributed by atoms with Gasteiger partial charge < -0.3 is 9.15 Å². The van der Waals surface area contributed by atoms with E-state index in [1.54, 1.807) is 6.26 Å². The van der Waals surface area contributed by atoms with E-state index in [-0.39, 0.29) is 6.10 Å². The van der Waals surface area contributed by atoms with Crippen molar-refractivity contribution >= 4 is 11.6 Å². The summed E-state index contributed by atoms with van der Waals surface area (Å²) < 4.78 is 10.9. The first-order valence-electron chi connectivity index (χ1n) is 5.98. The van der Waals surface area contributed by atoms with Crippen molar-refractivity contribution in [2.24, 2.45) is 5.92 Å². The highest BCUT2D eigenvalue weighted by Gasteiger charge is 2.23. The van der Waals surface area contributed by atoms with Gasteiger partial charge in [0, 0.05) is 0 Å². The molecule has 3 nitrogen and oxygen atoms in total. The number of oxazole rings is 1. The lowest BCUT2D eigenvalue weighted by molar-refractivity contribution is 0.0887. The second kappa shape index (κ2) is 5.58. The fourth-order valence-corrected chi connectivity index (χ4v) is 2.39. The topological polar surface area (TPSA) is 35.3 Å². The Kier molecular flexibility index (Phi) is 4.10. The maximum atomic E-state index is 5.73. The first-order chi connectivity index (χ1) is 7.81. The number of hydrogen-bond acceptors (Lipinski definition) is 3. The van der Waals surface area contributed by atoms with Gasteiger partial charge in [0.15, 0.2) is 0 Å². The van der Waals surface area contributed by atoms with Gasteiger partial charge in [-0.25, -0.2) is 0 Å². The van der Waals surface area contributed by atoms with Gasteiger partial charge in [-0.3, -0.25) is 0 Å². The van der Waals surface area contributed by atoms with Crippen LogP contribution >= 0.6 is 11.6 Å². The Bertz CT molecular complexity index is 327. The molecule has 16 heavy (non-hydrogen) atoms. The molecule has 0 saturated heterocycles. The molecule has 90 valence electrons. The summed E-state index contributed by atoms with van der Waals surface area (Å²) in [6, 6.07) is 0. The van der Waals surface area contributed by atoms with Crippen LogP contribution in [0.2, 0.25) is 0 Å². The molecule has 0 radical (unpaired) electrons. The van der Waals surface area contributed by atoms with Crippen LogP contribution < -0.4 is 4.74 Å². The first kappa shape index (κ1) is 11.8. The maximum absolute atomic E-state index is 5.73. The van der Waals surface area contributed by atoms with Gasteiger partial charge in [0.2, 0.25) is 0 Å². The quantitative estimate of drug-likeness (QED) is 0.756. The Hall–Kier alpha value is -0.700. The zero-order chi connectivity index (χ0) is 11.4. The fourth-order valence-electron chi connectivity index (χ4n) is 2.27. The molecule has 0 spiro atoms. The number of rotatable bonds is 4. The van der Waals surface area contributed by atoms with Crippen molar-refractivity contribution in [3.63, 3.8) is 0 Å². The van der Waals surface area contributed by atoms with Gasteiger partial charge >= 0.3 is 6.08 Å². The molecule has 1 fully saturated rings. The SMILES string of the molecule is CCC1CCCC(Oc2nc(CCl)co2)C1. The molecular formula is C12H18ClNO2. The Morgan fingerprint density at radius 2 is 2.44 bits per heavy atom. The van der Waals surface area contributed by atoms with Crippen LogP contribution in [-0.4, -0.2) is 11.1 Å². The van der Waals surface area contributed by atoms with Gasteiger partial charge in [0.25, 0.3) is 0 Å². The van der Waals surface area contributed by atoms with Crippen LogP contribution in [0.1, 0.15) is 44.7 Å². The number of ether oxygens (including phenoxy) is 1. The van der Waals surface area contributed by atoms with Gasteiger partial charge in [0.05, 0.1) is 11.6 Å². The molecule has 1 aromatic heterocycles. The van der Waals surface area contributed by atoms with Crippen LogP contribution in [0.15, 0.2) is 10.7 Å². The zero-order valence-corrected chi connectivity index (χ0v) is 10.4. The van der Waals surface area contributed by atoms with Gasteiger partial charge in [-0.05, 0) is 25.2 Å². The molecular weight excluding hydrogens is 226 g/mol. The van der Waals surface area contributed by atoms with E-state index in [1.165, 1.54) is 19.3 Å². The molecule has 1 heterocycles. The molecule has 2 rings (SSSR count). The molecule has 1 aliphatic carbocycles. The third-order valence-electron chi connectivity index (χ3n) is 3.25. The van der Waals surface area contributed by atoms with Crippen LogP contribution in [0.4, 0.5) is 0 Å². The standard InChI is InChI=1S/C12H18ClNO2/c1-2-9-4-3-5-11(6-9)16-12-14-10(7-13)8-15-12/h8-9,11H,2-7H2,1H3. The average molecular weight is 244 g/mol. The molecule has 0 aromatic carbocycles. The van der Waals surface area contributed by atoms with Crippen molar-refractivity contribution in [1.29, 1.82) is 0 Å². The van der Waals surface area contributed by atoms with E-state index in [2.05, 4.69) is 11.9 Å². The lowest BCUT2D eigenvalue weighted by atomic mass is 9.86. The predicted molar refractivity (Wildman–Crippen MR) is 62.7 cm³/mol. The molecule has 4 heteroatoms. The molecule has 0 amide bonds. The minimum atomic E-state index is 0.264. The van der Waals surface area contributed by atoms with Gasteiger partial charge in [0.1, 0.15) is 12.4 Å². The van der Waals surface area contributed by atoms with E-state index in [1.807, 2.05) is 0 Å². The number of aromatic nitrogens is 1. The summed E-state index contributed by atoms with van der Waals surface area (Å²) in [5, 5.41) is 0. The number of nitrogens with zero attached hydrogens (tertiary/aromatic N) is 1. The molecule has 0 N–H and O–H groups in total. The molecule has 2 unspecified atom stereocenters. The van der Waals surface area contributed by atoms with E-state index in [0.29, 0.717) is 12.0 Å². The van der Waals surface area contributed by atoms with Crippen molar-refractivity contribution in [3.05, 3.63) is 12.0 Å². The highest BCUT2D eigenvalue weighted by molar-refractivity contribution is 6.16. The molecule has 0 bridgehead atoms. The Labute approximate surface area is 101 Å². The Balaban J connectivity index is 1.88. The highest BCUT2D eigenvalue weighted by atomic mass is 35.5. The highest BCUT2D eigenvalue weighted by Crippen LogP contribution is 2.29. The predicted octanol–water partition coefficient (Wildman–Crippen LogP) is 3.76. The van der Waals surface area contributed by atoms with Crippen LogP contribution in [0, 0.1) is 5.92 Å². The van der Waals surface area contributed by atoms with Crippen molar-refractivity contribution in [2.75, 3.05) is 0 Å². The van der Waals surface area contributed by atoms with Crippen molar-refractivity contribution < 1.29 is 9.15 Å². The lowest BCUT2D eigenvalue weighted by Gasteiger charge is -2.27. The second-order valence-electron chi connectivity index (χ2n) is 4.42. The van der Waals surface area contributed by atoms with Gasteiger partial charge in [-0.1, -0.05) is 19.8 Å². The van der Waals surface area contributed by atoms with E-state index in [4.69, 9.17) is 20.8 Å². The number of alkyl halides is 1. The van der Waals surface area contributed by atoms with Crippen LogP contribution in [0.3, 0.4) is 0 Å². The molecule has 1 aliphatic rings. The molecule has 2 atom stereocenters. The number of hydrogen-bond donors (Lipinski definition) is 0. The summed E-state index contributed by atoms with van der Waals surface area (Å²) >= 11 is 5.65. The second-order valence-corrected chi connectivity index (χ2v) is 4.69. The van der Waals surface area contributed by atoms with E-state index >= 15 is 0 Å². The summed E-state index contributed by atoms with van der Waals surface area (Å²) in [4.78, 5) is 4.15. The van der Waals surface area contributed by atoms with Crippen LogP contribution in [0.25, 0.3) is 0 Å². The Morgan fingerprint density at radius 1 is 1.56 bits per heavy atom. The van der Waals surface area contributed by atoms with Crippen molar-refractivity contribution in [1.82, 2.24) is 4.98 Å². The summed E-state index contributed by atoms with van der Waals surface area (Å²) in [5.74, 6) is 1.16. The average Bonchev–Trinajstić information content (AvgIpc) is 2.77. The van der Waals surface area contributed by atoms with E-state index in [9.17, 15) is 0 Å². The monoisotopic (exact) mass is 243 g/mol. The smallest absolute Gasteiger partial charge is 0.394 e. The van der Waals surface area contributed by atoms with E-state index < -0.39 is 0 Å². The minimum Gasteiger partial charge on any atom is -0.447 e. The van der Waals surface area contributed by atoms with Gasteiger partial charge in [-0.15, -0.1) is 11.6 Å². The maximum Gasteiger partial charge on any atom is 0.394 e. The molecule has 1 saturated carbocycles. The van der Waals surface area contributed by atoms with Crippen molar-refractivity contribution in [3.8, 4) is 6.08 Å². The van der Waals surface area contributed by atoms with Crippen molar-refractivity contribution in [2.45, 2.75) is 51.0 Å². The van der Waals surface area contributed by atoms with E-state index in [0.717, 1.165) is 24.5 Å². The van der Waals surface area contributed by atoms with Gasteiger partial charge in [-0.2, -0.15) is 4.98 Å². The third kappa shape index (κ3) is 2.91. The summed E-state index contributed by atoms with van der Waals surface area (Å²) in [5.41, 5.74) is 0.736. The normalized spacial score (nSPS) is 25.6. The van der Waals surface area contributed by atoms with Crippen LogP contribution in [-0.2, 0) is 5.88 Å². The third-order valence-corrected chi connectivity index (χ3v) is 3.52. The Morgan fingerprint density at radius 3 is 3.12 bits per heavy atom. The summed E-state index contributed by atoms with van der Waals surface area (Å²) in [6.07, 6.45) is 8.23. The summed E-state index contributed by atoms with van der Waals surface area (Å²) in [6.45, 7) is 2.24. The number of halogens is 1. The largest absolute Gasteiger partial charge is 0.447 e. The minimum absolute atomic E-state index is 0.264. The lowest BCUT2D eigenvalue weighted by Crippen LogP contribution is -2.25. The van der Waals surface area contributed by atoms with Crippen LogP contribution in [0.5, 0.6) is 6.08 Å². The zero-order valence-electron chi connectivity index (χ0n) is 9.62. The molecule has 0 aliphatic heterocycles. The summed E-state index contributed by atoms with van der Waals surface area (Å²) in [7, 11) is 0. The molecule has 1 aromatic rings. The first-order valence-corrected chi connectivity index (χ1v) is 6.52. The fraction of sp³-hybridized carbons (Fsp3) is 0.750.